The van der Waals surface area contributed by atoms with Crippen molar-refractivity contribution < 1.29 is 20.4 Å². The number of hydrogen-bond acceptors (Lipinski definition) is 4. The minimum absolute atomic E-state index is 0. The normalized spacial score (nSPS) is 13.5. The van der Waals surface area contributed by atoms with E-state index in [2.05, 4.69) is 55.4 Å². The van der Waals surface area contributed by atoms with Crippen LogP contribution in [0.3, 0.4) is 0 Å². The zero-order valence-electron chi connectivity index (χ0n) is 23.8. The van der Waals surface area contributed by atoms with Gasteiger partial charge < -0.3 is 20.4 Å². The number of rotatable bonds is 16. The molecule has 0 aliphatic rings. The Bertz CT molecular complexity index is 237. The van der Waals surface area contributed by atoms with Crippen molar-refractivity contribution in [3.63, 3.8) is 0 Å². The summed E-state index contributed by atoms with van der Waals surface area (Å²) in [6.07, 6.45) is 12.7. The van der Waals surface area contributed by atoms with Crippen molar-refractivity contribution in [1.82, 2.24) is 0 Å². The van der Waals surface area contributed by atoms with Gasteiger partial charge >= 0.3 is 23.9 Å². The van der Waals surface area contributed by atoms with Crippen LogP contribution < -0.4 is 20.4 Å². The van der Waals surface area contributed by atoms with E-state index in [1.807, 2.05) is 0 Å². The molecule has 0 aromatic carbocycles. The SMILES string of the molecule is CCC(C)CCC[O-].CCC(C)CCC[O-].CCC(C)CCC[O-].CCC(C)CCC[O-].[Sn+4]. The molecule has 4 atom stereocenters. The Labute approximate surface area is 226 Å². The van der Waals surface area contributed by atoms with E-state index in [1.165, 1.54) is 25.7 Å². The van der Waals surface area contributed by atoms with Crippen molar-refractivity contribution in [2.24, 2.45) is 23.7 Å². The van der Waals surface area contributed by atoms with Gasteiger partial charge in [-0.3, -0.25) is 0 Å². The quantitative estimate of drug-likeness (QED) is 0.255. The molecule has 0 spiro atoms. The molecular weight excluding hydrogens is 519 g/mol. The van der Waals surface area contributed by atoms with Crippen molar-refractivity contribution in [2.45, 2.75) is 132 Å². The minimum Gasteiger partial charge on any atom is -0.854 e. The molecule has 0 bridgehead atoms. The fraction of sp³-hybridized carbons (Fsp3) is 1.00. The third-order valence-corrected chi connectivity index (χ3v) is 6.15. The smallest absolute Gasteiger partial charge is 0.854 e. The molecule has 0 aliphatic carbocycles. The summed E-state index contributed by atoms with van der Waals surface area (Å²) in [4.78, 5) is 0. The Balaban J connectivity index is -0.000000105. The molecule has 0 fully saturated rings. The molecule has 200 valence electrons. The molecule has 4 nitrogen and oxygen atoms in total. The van der Waals surface area contributed by atoms with Crippen LogP contribution in [-0.2, 0) is 0 Å². The van der Waals surface area contributed by atoms with Crippen LogP contribution in [0.1, 0.15) is 132 Å². The molecule has 0 aromatic rings. The minimum atomic E-state index is 0. The molecule has 0 saturated carbocycles. The van der Waals surface area contributed by atoms with Gasteiger partial charge in [0.05, 0.1) is 0 Å². The topological polar surface area (TPSA) is 92.2 Å². The van der Waals surface area contributed by atoms with Gasteiger partial charge in [0.1, 0.15) is 0 Å². The van der Waals surface area contributed by atoms with E-state index in [4.69, 9.17) is 0 Å². The largest absolute Gasteiger partial charge is 4.00 e. The maximum Gasteiger partial charge on any atom is 4.00 e. The molecule has 0 radical (unpaired) electrons. The van der Waals surface area contributed by atoms with Gasteiger partial charge in [0, 0.05) is 0 Å². The summed E-state index contributed by atoms with van der Waals surface area (Å²) < 4.78 is 0. The standard InChI is InChI=1S/4C7H15O.Sn/c4*1-3-7(2)5-4-6-8;/h4*7H,3-6H2,1-2H3;/q4*-1;+4. The second kappa shape index (κ2) is 39.8. The van der Waals surface area contributed by atoms with Crippen LogP contribution in [-0.4, -0.2) is 50.3 Å². The van der Waals surface area contributed by atoms with Crippen LogP contribution in [0.5, 0.6) is 0 Å². The van der Waals surface area contributed by atoms with Gasteiger partial charge in [-0.15, -0.1) is 26.4 Å². The Morgan fingerprint density at radius 3 is 0.636 bits per heavy atom. The molecule has 33 heavy (non-hydrogen) atoms. The number of hydrogen-bond donors (Lipinski definition) is 0. The molecule has 0 heterocycles. The van der Waals surface area contributed by atoms with E-state index in [0.29, 0.717) is 0 Å². The summed E-state index contributed by atoms with van der Waals surface area (Å²) in [6.45, 7) is 17.8. The molecule has 5 heteroatoms. The van der Waals surface area contributed by atoms with Crippen LogP contribution in [0.2, 0.25) is 0 Å². The van der Waals surface area contributed by atoms with E-state index >= 15 is 0 Å². The summed E-state index contributed by atoms with van der Waals surface area (Å²) in [5.74, 6) is 3.01. The van der Waals surface area contributed by atoms with Gasteiger partial charge in [-0.2, -0.15) is 0 Å². The van der Waals surface area contributed by atoms with Gasteiger partial charge in [-0.05, 0) is 23.7 Å². The zero-order chi connectivity index (χ0) is 25.6. The van der Waals surface area contributed by atoms with E-state index in [0.717, 1.165) is 75.0 Å². The first-order chi connectivity index (χ1) is 15.2. The van der Waals surface area contributed by atoms with E-state index < -0.39 is 0 Å². The van der Waals surface area contributed by atoms with Crippen LogP contribution in [0, 0.1) is 23.7 Å². The molecule has 0 N–H and O–H groups in total. The zero-order valence-corrected chi connectivity index (χ0v) is 26.6. The van der Waals surface area contributed by atoms with E-state index in [1.54, 1.807) is 0 Å². The van der Waals surface area contributed by atoms with Gasteiger partial charge in [-0.1, -0.05) is 132 Å². The third-order valence-electron chi connectivity index (χ3n) is 6.15. The van der Waals surface area contributed by atoms with Gasteiger partial charge in [0.2, 0.25) is 0 Å². The average molecular weight is 579 g/mol. The maximum atomic E-state index is 9.95. The predicted octanol–water partition coefficient (Wildman–Crippen LogP) is 4.31. The molecule has 0 saturated heterocycles. The fourth-order valence-corrected chi connectivity index (χ4v) is 2.54. The molecule has 0 rings (SSSR count). The van der Waals surface area contributed by atoms with E-state index in [-0.39, 0.29) is 50.3 Å². The average Bonchev–Trinajstić information content (AvgIpc) is 2.83. The summed E-state index contributed by atoms with van der Waals surface area (Å²) in [6, 6.07) is 0. The monoisotopic (exact) mass is 580 g/mol. The molecule has 0 amide bonds. The summed E-state index contributed by atoms with van der Waals surface area (Å²) in [7, 11) is 0. The molecule has 4 unspecified atom stereocenters. The third kappa shape index (κ3) is 50.5. The van der Waals surface area contributed by atoms with Crippen molar-refractivity contribution in [2.75, 3.05) is 26.4 Å². The summed E-state index contributed by atoms with van der Waals surface area (Å²) in [5, 5.41) is 39.8. The van der Waals surface area contributed by atoms with Crippen molar-refractivity contribution >= 4 is 23.9 Å². The molecular formula is C28H60O4Sn. The first-order valence-electron chi connectivity index (χ1n) is 13.6. The fourth-order valence-electron chi connectivity index (χ4n) is 2.54. The van der Waals surface area contributed by atoms with Crippen molar-refractivity contribution in [3.05, 3.63) is 0 Å². The second-order valence-electron chi connectivity index (χ2n) is 9.44. The van der Waals surface area contributed by atoms with E-state index in [9.17, 15) is 20.4 Å². The Kier molecular flexibility index (Phi) is 52.7. The Morgan fingerprint density at radius 2 is 0.545 bits per heavy atom. The van der Waals surface area contributed by atoms with Gasteiger partial charge in [0.15, 0.2) is 0 Å². The van der Waals surface area contributed by atoms with Crippen LogP contribution >= 0.6 is 0 Å². The van der Waals surface area contributed by atoms with Crippen LogP contribution in [0.15, 0.2) is 0 Å². The summed E-state index contributed by atoms with van der Waals surface area (Å²) >= 11 is 0. The van der Waals surface area contributed by atoms with Crippen LogP contribution in [0.4, 0.5) is 0 Å². The predicted molar refractivity (Wildman–Crippen MR) is 140 cm³/mol. The van der Waals surface area contributed by atoms with Crippen molar-refractivity contribution in [3.8, 4) is 0 Å². The van der Waals surface area contributed by atoms with Crippen LogP contribution in [0.25, 0.3) is 0 Å². The first kappa shape index (κ1) is 43.7. The second-order valence-corrected chi connectivity index (χ2v) is 9.44. The first-order valence-corrected chi connectivity index (χ1v) is 13.6. The van der Waals surface area contributed by atoms with Gasteiger partial charge in [-0.25, -0.2) is 0 Å². The Morgan fingerprint density at radius 1 is 0.394 bits per heavy atom. The maximum absolute atomic E-state index is 9.95. The van der Waals surface area contributed by atoms with Crippen molar-refractivity contribution in [1.29, 1.82) is 0 Å². The molecule has 0 aliphatic heterocycles. The molecule has 0 aromatic heterocycles. The van der Waals surface area contributed by atoms with Gasteiger partial charge in [0.25, 0.3) is 0 Å². The summed E-state index contributed by atoms with van der Waals surface area (Å²) in [5.41, 5.74) is 0. The Hall–Kier alpha value is 0.639.